The molecule has 0 bridgehead atoms. The number of benzene rings is 4. The van der Waals surface area contributed by atoms with Crippen molar-refractivity contribution in [3.8, 4) is 0 Å². The predicted octanol–water partition coefficient (Wildman–Crippen LogP) is 20.0. The van der Waals surface area contributed by atoms with E-state index in [0.29, 0.717) is 11.4 Å². The molecule has 0 aliphatic heterocycles. The minimum atomic E-state index is -0.0879. The van der Waals surface area contributed by atoms with E-state index in [-0.39, 0.29) is 38.2 Å². The van der Waals surface area contributed by atoms with E-state index in [1.165, 1.54) is 84.7 Å². The Morgan fingerprint density at radius 1 is 0.410 bits per heavy atom. The van der Waals surface area contributed by atoms with Crippen molar-refractivity contribution in [2.24, 2.45) is 0 Å². The number of nitrogens with zero attached hydrogens (tertiary/aromatic N) is 2. The summed E-state index contributed by atoms with van der Waals surface area (Å²) in [6.07, 6.45) is 13.6. The fourth-order valence-electron chi connectivity index (χ4n) is 7.57. The summed E-state index contributed by atoms with van der Waals surface area (Å²) in [7, 11) is 0. The zero-order valence-corrected chi connectivity index (χ0v) is 42.5. The van der Waals surface area contributed by atoms with Crippen LogP contribution in [0.3, 0.4) is 0 Å². The number of para-hydroxylation sites is 2. The molecule has 0 atom stereocenters. The van der Waals surface area contributed by atoms with Crippen molar-refractivity contribution in [1.29, 1.82) is 0 Å². The van der Waals surface area contributed by atoms with Gasteiger partial charge in [0.25, 0.3) is 0 Å². The summed E-state index contributed by atoms with van der Waals surface area (Å²) in [4.78, 5) is 0. The molecule has 0 aliphatic rings. The van der Waals surface area contributed by atoms with Crippen LogP contribution in [0, 0.1) is 0 Å². The van der Waals surface area contributed by atoms with Gasteiger partial charge in [-0.3, -0.25) is 0 Å². The van der Waals surface area contributed by atoms with Crippen LogP contribution in [0.15, 0.2) is 60.7 Å². The van der Waals surface area contributed by atoms with Gasteiger partial charge in [-0.15, -0.1) is 11.4 Å². The Morgan fingerprint density at radius 2 is 0.672 bits per heavy atom. The molecule has 61 heavy (non-hydrogen) atoms. The first-order valence-corrected chi connectivity index (χ1v) is 23.4. The summed E-state index contributed by atoms with van der Waals surface area (Å²) < 4.78 is 0. The molecule has 0 aliphatic carbocycles. The second-order valence-electron chi connectivity index (χ2n) is 21.3. The molecule has 4 rings (SSSR count). The van der Waals surface area contributed by atoms with Gasteiger partial charge in [0, 0.05) is 16.5 Å². The largest absolute Gasteiger partial charge is 0.699 e. The van der Waals surface area contributed by atoms with Gasteiger partial charge < -0.3 is 22.1 Å². The van der Waals surface area contributed by atoms with E-state index in [2.05, 4.69) is 171 Å². The monoisotopic (exact) mass is 871 g/mol. The number of unbranched alkanes of at least 4 members (excludes halogenated alkanes) is 4. The number of nitrogens with one attached hydrogen (secondary N) is 2. The van der Waals surface area contributed by atoms with Crippen molar-refractivity contribution in [2.45, 2.75) is 209 Å². The van der Waals surface area contributed by atoms with Crippen molar-refractivity contribution in [1.82, 2.24) is 0 Å². The summed E-state index contributed by atoms with van der Waals surface area (Å²) in [5.74, 6) is 0. The van der Waals surface area contributed by atoms with E-state index < -0.39 is 0 Å². The first kappa shape index (κ1) is 53.7. The minimum absolute atomic E-state index is 0. The Labute approximate surface area is 385 Å². The van der Waals surface area contributed by atoms with Gasteiger partial charge >= 0.3 is 0 Å². The fraction of sp³-hybridized carbons (Fsp3) is 0.571. The van der Waals surface area contributed by atoms with Gasteiger partial charge in [0.15, 0.2) is 0 Å². The van der Waals surface area contributed by atoms with Crippen molar-refractivity contribution in [2.75, 3.05) is 0 Å². The van der Waals surface area contributed by atoms with E-state index >= 15 is 0 Å². The number of hydrogen-bond donors (Lipinski definition) is 0. The molecule has 0 aromatic heterocycles. The molecule has 0 fully saturated rings. The third kappa shape index (κ3) is 15.4. The van der Waals surface area contributed by atoms with E-state index in [4.69, 9.17) is 22.1 Å². The Balaban J connectivity index is 0.000000413. The molecule has 5 heteroatoms. The molecule has 2 N–H and O–H groups in total. The third-order valence-electron chi connectivity index (χ3n) is 11.7. The number of rotatable bonds is 16. The molecule has 0 spiro atoms. The van der Waals surface area contributed by atoms with Crippen LogP contribution < -0.4 is 0 Å². The SMILES string of the molecule is CCCCc1cccc(CCCC)c1[N-]c1cc(C(C)(C)C)cc(C(C)(C)C)c1[NH-].CCCCc1cccc(CCCC)c1[N-]c1cc(C(C)(C)C)cc(C(C)(C)C)c1[NH-].[Ni]. The third-order valence-corrected chi connectivity index (χ3v) is 11.7. The molecule has 4 aromatic rings. The maximum Gasteiger partial charge on any atom is 0 e. The van der Waals surface area contributed by atoms with E-state index in [0.717, 1.165) is 59.6 Å². The summed E-state index contributed by atoms with van der Waals surface area (Å²) in [5.41, 5.74) is 32.8. The van der Waals surface area contributed by atoms with Crippen molar-refractivity contribution in [3.05, 3.63) is 127 Å². The molecule has 0 heterocycles. The Morgan fingerprint density at radius 3 is 0.885 bits per heavy atom. The average Bonchev–Trinajstić information content (AvgIpc) is 3.15. The predicted molar refractivity (Wildman–Crippen MR) is 268 cm³/mol. The second kappa shape index (κ2) is 23.3. The van der Waals surface area contributed by atoms with Crippen LogP contribution in [0.5, 0.6) is 0 Å². The maximum atomic E-state index is 8.98. The second-order valence-corrected chi connectivity index (χ2v) is 21.3. The quantitative estimate of drug-likeness (QED) is 0.101. The minimum Gasteiger partial charge on any atom is -0.699 e. The molecule has 0 saturated heterocycles. The Hall–Kier alpha value is -3.43. The van der Waals surface area contributed by atoms with Crippen molar-refractivity contribution < 1.29 is 16.5 Å². The van der Waals surface area contributed by atoms with Gasteiger partial charge in [0.2, 0.25) is 0 Å². The smallest absolute Gasteiger partial charge is 0 e. The van der Waals surface area contributed by atoms with Crippen LogP contribution in [-0.4, -0.2) is 0 Å². The van der Waals surface area contributed by atoms with E-state index in [1.54, 1.807) is 0 Å². The molecule has 0 unspecified atom stereocenters. The van der Waals surface area contributed by atoms with Gasteiger partial charge in [0.05, 0.1) is 0 Å². The zero-order chi connectivity index (χ0) is 45.1. The van der Waals surface area contributed by atoms with Crippen LogP contribution in [0.1, 0.15) is 207 Å². The molecule has 4 nitrogen and oxygen atoms in total. The number of aryl methyl sites for hydroxylation is 4. The van der Waals surface area contributed by atoms with Crippen molar-refractivity contribution >= 4 is 34.1 Å². The van der Waals surface area contributed by atoms with Gasteiger partial charge in [-0.25, -0.2) is 0 Å². The van der Waals surface area contributed by atoms with Crippen LogP contribution in [0.25, 0.3) is 22.1 Å². The van der Waals surface area contributed by atoms with Gasteiger partial charge in [-0.1, -0.05) is 231 Å². The Kier molecular flexibility index (Phi) is 20.5. The standard InChI is InChI=1S/2C28H42N2.Ni/c2*1-9-11-14-20-16-13-17-21(15-12-10-2)26(20)30-24-19-22(27(3,4)5)18-23(25(24)29)28(6,7)8;/h2*13,16-19,29H,9-12,14-15H2,1-8H3;/q2*-2;. The molecule has 0 saturated carbocycles. The van der Waals surface area contributed by atoms with Crippen LogP contribution in [-0.2, 0) is 63.8 Å². The van der Waals surface area contributed by atoms with Crippen LogP contribution >= 0.6 is 0 Å². The first-order chi connectivity index (χ1) is 28.0. The molecule has 0 amide bonds. The normalized spacial score (nSPS) is 12.1. The first-order valence-electron chi connectivity index (χ1n) is 23.4. The van der Waals surface area contributed by atoms with Crippen LogP contribution in [0.4, 0.5) is 34.1 Å². The van der Waals surface area contributed by atoms with Gasteiger partial charge in [-0.05, 0) is 84.2 Å². The average molecular weight is 872 g/mol. The van der Waals surface area contributed by atoms with Crippen LogP contribution in [0.2, 0.25) is 0 Å². The number of hydrogen-bond acceptors (Lipinski definition) is 0. The molecule has 0 radical (unpaired) electrons. The van der Waals surface area contributed by atoms with E-state index in [9.17, 15) is 0 Å². The topological polar surface area (TPSA) is 75.8 Å². The molecule has 4 aromatic carbocycles. The Bertz CT molecular complexity index is 1770. The molecule has 342 valence electrons. The maximum absolute atomic E-state index is 8.98. The summed E-state index contributed by atoms with van der Waals surface area (Å²) in [6.45, 7) is 35.6. The fourth-order valence-corrected chi connectivity index (χ4v) is 7.57. The van der Waals surface area contributed by atoms with Crippen molar-refractivity contribution in [3.63, 3.8) is 0 Å². The van der Waals surface area contributed by atoms with E-state index in [1.807, 2.05) is 0 Å². The molecular formula is C56H84N4Ni-4. The summed E-state index contributed by atoms with van der Waals surface area (Å²) in [5, 5.41) is 10.4. The van der Waals surface area contributed by atoms with Gasteiger partial charge in [0.1, 0.15) is 0 Å². The molecular weight excluding hydrogens is 787 g/mol. The van der Waals surface area contributed by atoms with Gasteiger partial charge in [-0.2, -0.15) is 22.7 Å². The summed E-state index contributed by atoms with van der Waals surface area (Å²) >= 11 is 0. The summed E-state index contributed by atoms with van der Waals surface area (Å²) in [6, 6.07) is 22.0. The zero-order valence-electron chi connectivity index (χ0n) is 41.5.